The van der Waals surface area contributed by atoms with Gasteiger partial charge in [0.15, 0.2) is 0 Å². The molecule has 4 aromatic carbocycles. The van der Waals surface area contributed by atoms with Gasteiger partial charge in [0.2, 0.25) is 0 Å². The molecule has 1 unspecified atom stereocenters. The molecule has 0 amide bonds. The first-order valence-corrected chi connectivity index (χ1v) is 12.9. The molecule has 5 rings (SSSR count). The largest absolute Gasteiger partial charge is 0.264 e. The number of benzene rings is 4. The summed E-state index contributed by atoms with van der Waals surface area (Å²) >= 11 is 0. The molecular formula is C30H27NO2S. The van der Waals surface area contributed by atoms with E-state index in [0.717, 1.165) is 33.4 Å². The Labute approximate surface area is 202 Å². The predicted octanol–water partition coefficient (Wildman–Crippen LogP) is 7.08. The molecule has 0 saturated heterocycles. The van der Waals surface area contributed by atoms with Crippen LogP contribution in [0.4, 0.5) is 5.69 Å². The third kappa shape index (κ3) is 4.06. The molecule has 3 nitrogen and oxygen atoms in total. The molecule has 1 aliphatic rings. The number of aryl methyl sites for hydroxylation is 2. The zero-order valence-electron chi connectivity index (χ0n) is 19.3. The third-order valence-corrected chi connectivity index (χ3v) is 8.22. The summed E-state index contributed by atoms with van der Waals surface area (Å²) in [5.74, 6) is 0. The monoisotopic (exact) mass is 465 g/mol. The standard InChI is InChI=1S/C30H27NO2S/c1-22-12-16-25(17-13-22)29-21-20-27(24-8-4-3-5-9-24)28-10-6-7-11-30(28)31(29)34(32,33)26-18-14-23(2)15-19-26/h3-20,29H,21H2,1-2H3. The van der Waals surface area contributed by atoms with Gasteiger partial charge >= 0.3 is 0 Å². The Bertz CT molecular complexity index is 1440. The summed E-state index contributed by atoms with van der Waals surface area (Å²) in [6.45, 7) is 4.00. The molecule has 0 N–H and O–H groups in total. The van der Waals surface area contributed by atoms with E-state index in [2.05, 4.69) is 18.2 Å². The number of para-hydroxylation sites is 1. The van der Waals surface area contributed by atoms with Crippen LogP contribution in [0.15, 0.2) is 114 Å². The van der Waals surface area contributed by atoms with E-state index >= 15 is 0 Å². The Morgan fingerprint density at radius 1 is 0.706 bits per heavy atom. The van der Waals surface area contributed by atoms with Gasteiger partial charge in [-0.2, -0.15) is 0 Å². The summed E-state index contributed by atoms with van der Waals surface area (Å²) in [4.78, 5) is 0.299. The number of hydrogen-bond acceptors (Lipinski definition) is 2. The molecule has 1 atom stereocenters. The first kappa shape index (κ1) is 22.2. The number of sulfonamides is 1. The van der Waals surface area contributed by atoms with Gasteiger partial charge in [-0.15, -0.1) is 0 Å². The van der Waals surface area contributed by atoms with Gasteiger partial charge in [-0.1, -0.05) is 102 Å². The maximum Gasteiger partial charge on any atom is 0.264 e. The molecule has 0 fully saturated rings. The van der Waals surface area contributed by atoms with E-state index in [0.29, 0.717) is 17.0 Å². The molecule has 0 bridgehead atoms. The van der Waals surface area contributed by atoms with Crippen molar-refractivity contribution in [3.63, 3.8) is 0 Å². The van der Waals surface area contributed by atoms with Crippen LogP contribution in [0.5, 0.6) is 0 Å². The number of fused-ring (bicyclic) bond motifs is 1. The van der Waals surface area contributed by atoms with E-state index in [4.69, 9.17) is 0 Å². The lowest BCUT2D eigenvalue weighted by molar-refractivity contribution is 0.578. The van der Waals surface area contributed by atoms with E-state index in [1.54, 1.807) is 16.4 Å². The summed E-state index contributed by atoms with van der Waals surface area (Å²) in [6.07, 6.45) is 2.75. The Morgan fingerprint density at radius 3 is 1.97 bits per heavy atom. The molecule has 170 valence electrons. The van der Waals surface area contributed by atoms with Gasteiger partial charge in [-0.3, -0.25) is 4.31 Å². The molecular weight excluding hydrogens is 438 g/mol. The van der Waals surface area contributed by atoms with Gasteiger partial charge < -0.3 is 0 Å². The lowest BCUT2D eigenvalue weighted by Gasteiger charge is -2.33. The summed E-state index contributed by atoms with van der Waals surface area (Å²) in [6, 6.07) is 32.9. The second-order valence-corrected chi connectivity index (χ2v) is 10.6. The minimum absolute atomic E-state index is 0.299. The van der Waals surface area contributed by atoms with E-state index in [1.807, 2.05) is 92.7 Å². The normalized spacial score (nSPS) is 15.9. The maximum atomic E-state index is 14.2. The van der Waals surface area contributed by atoms with E-state index < -0.39 is 10.0 Å². The van der Waals surface area contributed by atoms with Crippen molar-refractivity contribution in [1.29, 1.82) is 0 Å². The van der Waals surface area contributed by atoms with Gasteiger partial charge in [0.25, 0.3) is 10.0 Å². The van der Waals surface area contributed by atoms with Crippen molar-refractivity contribution in [3.05, 3.63) is 137 Å². The SMILES string of the molecule is Cc1ccc(C2CC=C(c3ccccc3)c3ccccc3N2S(=O)(=O)c2ccc(C)cc2)cc1. The highest BCUT2D eigenvalue weighted by Crippen LogP contribution is 2.44. The molecule has 0 spiro atoms. The van der Waals surface area contributed by atoms with Gasteiger partial charge in [0, 0.05) is 5.56 Å². The highest BCUT2D eigenvalue weighted by molar-refractivity contribution is 7.92. The summed E-state index contributed by atoms with van der Waals surface area (Å²) in [5, 5.41) is 0. The lowest BCUT2D eigenvalue weighted by atomic mass is 9.96. The second kappa shape index (κ2) is 8.96. The average molecular weight is 466 g/mol. The third-order valence-electron chi connectivity index (χ3n) is 6.38. The fourth-order valence-corrected chi connectivity index (χ4v) is 6.24. The van der Waals surface area contributed by atoms with Gasteiger partial charge in [-0.05, 0) is 55.2 Å². The second-order valence-electron chi connectivity index (χ2n) is 8.78. The summed E-state index contributed by atoms with van der Waals surface area (Å²) < 4.78 is 30.1. The molecule has 1 aliphatic heterocycles. The highest BCUT2D eigenvalue weighted by Gasteiger charge is 2.36. The van der Waals surface area contributed by atoms with Gasteiger partial charge in [-0.25, -0.2) is 8.42 Å². The number of nitrogens with zero attached hydrogens (tertiary/aromatic N) is 1. The van der Waals surface area contributed by atoms with Crippen LogP contribution in [0.2, 0.25) is 0 Å². The Kier molecular flexibility index (Phi) is 5.84. The minimum Gasteiger partial charge on any atom is -0.258 e. The smallest absolute Gasteiger partial charge is 0.258 e. The number of anilines is 1. The van der Waals surface area contributed by atoms with Crippen molar-refractivity contribution < 1.29 is 8.42 Å². The van der Waals surface area contributed by atoms with Crippen LogP contribution < -0.4 is 4.31 Å². The first-order valence-electron chi connectivity index (χ1n) is 11.5. The van der Waals surface area contributed by atoms with Crippen LogP contribution in [0.3, 0.4) is 0 Å². The fraction of sp³-hybridized carbons (Fsp3) is 0.133. The zero-order valence-corrected chi connectivity index (χ0v) is 20.2. The predicted molar refractivity (Wildman–Crippen MR) is 139 cm³/mol. The van der Waals surface area contributed by atoms with E-state index in [9.17, 15) is 8.42 Å². The molecule has 4 heteroatoms. The molecule has 1 heterocycles. The summed E-state index contributed by atoms with van der Waals surface area (Å²) in [7, 11) is -3.83. The van der Waals surface area contributed by atoms with E-state index in [1.165, 1.54) is 0 Å². The number of rotatable bonds is 4. The zero-order chi connectivity index (χ0) is 23.7. The fourth-order valence-electron chi connectivity index (χ4n) is 4.57. The molecule has 0 saturated carbocycles. The van der Waals surface area contributed by atoms with Crippen molar-refractivity contribution in [2.45, 2.75) is 31.2 Å². The Hall–Kier alpha value is -3.63. The molecule has 34 heavy (non-hydrogen) atoms. The molecule has 0 aromatic heterocycles. The Morgan fingerprint density at radius 2 is 1.29 bits per heavy atom. The van der Waals surface area contributed by atoms with Crippen molar-refractivity contribution in [2.24, 2.45) is 0 Å². The van der Waals surface area contributed by atoms with Crippen LogP contribution in [0.25, 0.3) is 5.57 Å². The van der Waals surface area contributed by atoms with E-state index in [-0.39, 0.29) is 6.04 Å². The van der Waals surface area contributed by atoms with Crippen LogP contribution in [-0.4, -0.2) is 8.42 Å². The average Bonchev–Trinajstić information content (AvgIpc) is 3.03. The number of hydrogen-bond donors (Lipinski definition) is 0. The van der Waals surface area contributed by atoms with Crippen LogP contribution in [-0.2, 0) is 10.0 Å². The topological polar surface area (TPSA) is 37.4 Å². The van der Waals surface area contributed by atoms with Crippen LogP contribution >= 0.6 is 0 Å². The quantitative estimate of drug-likeness (QED) is 0.323. The Balaban J connectivity index is 1.76. The van der Waals surface area contributed by atoms with Crippen molar-refractivity contribution in [2.75, 3.05) is 4.31 Å². The van der Waals surface area contributed by atoms with Crippen LogP contribution in [0.1, 0.15) is 40.3 Å². The first-order chi connectivity index (χ1) is 16.4. The lowest BCUT2D eigenvalue weighted by Crippen LogP contribution is -2.35. The highest BCUT2D eigenvalue weighted by atomic mass is 32.2. The van der Waals surface area contributed by atoms with Gasteiger partial charge in [0.1, 0.15) is 0 Å². The van der Waals surface area contributed by atoms with Crippen LogP contribution in [0, 0.1) is 13.8 Å². The van der Waals surface area contributed by atoms with Crippen molar-refractivity contribution in [1.82, 2.24) is 0 Å². The summed E-state index contributed by atoms with van der Waals surface area (Å²) in [5.41, 5.74) is 6.88. The molecule has 0 aliphatic carbocycles. The molecule has 4 aromatic rings. The van der Waals surface area contributed by atoms with Crippen molar-refractivity contribution >= 4 is 21.3 Å². The minimum atomic E-state index is -3.83. The maximum absolute atomic E-state index is 14.2. The van der Waals surface area contributed by atoms with Gasteiger partial charge in [0.05, 0.1) is 16.6 Å². The molecule has 0 radical (unpaired) electrons. The van der Waals surface area contributed by atoms with Crippen molar-refractivity contribution in [3.8, 4) is 0 Å².